The summed E-state index contributed by atoms with van der Waals surface area (Å²) in [5, 5.41) is 12.2. The van der Waals surface area contributed by atoms with Crippen LogP contribution in [0.5, 0.6) is 0 Å². The first-order valence-electron chi connectivity index (χ1n) is 11.5. The lowest BCUT2D eigenvalue weighted by Gasteiger charge is -2.45. The number of carbonyl (C=O) groups excluding carboxylic acids is 1. The lowest BCUT2D eigenvalue weighted by atomic mass is 10.0. The predicted octanol–water partition coefficient (Wildman–Crippen LogP) is 2.76. The van der Waals surface area contributed by atoms with E-state index in [9.17, 15) is 9.18 Å². The van der Waals surface area contributed by atoms with Gasteiger partial charge in [-0.25, -0.2) is 19.2 Å². The second-order valence-corrected chi connectivity index (χ2v) is 9.02. The summed E-state index contributed by atoms with van der Waals surface area (Å²) in [6.07, 6.45) is 4.85. The molecule has 2 aliphatic rings. The summed E-state index contributed by atoms with van der Waals surface area (Å²) in [5.74, 6) is 0.371. The Morgan fingerprint density at radius 3 is 2.30 bits per heavy atom. The van der Waals surface area contributed by atoms with E-state index in [1.54, 1.807) is 0 Å². The zero-order valence-corrected chi connectivity index (χ0v) is 19.1. The van der Waals surface area contributed by atoms with Crippen LogP contribution in [-0.2, 0) is 6.54 Å². The maximum atomic E-state index is 13.1. The van der Waals surface area contributed by atoms with Gasteiger partial charge in [0.1, 0.15) is 11.9 Å². The molecule has 2 fully saturated rings. The number of nitriles is 1. The molecule has 2 aliphatic heterocycles. The minimum absolute atomic E-state index is 0.00607. The third-order valence-corrected chi connectivity index (χ3v) is 6.44. The molecule has 2 aromatic rings. The van der Waals surface area contributed by atoms with Crippen LogP contribution in [0.15, 0.2) is 36.7 Å². The Morgan fingerprint density at radius 2 is 1.73 bits per heavy atom. The molecule has 4 rings (SSSR count). The number of rotatable bonds is 4. The maximum absolute atomic E-state index is 13.1. The van der Waals surface area contributed by atoms with Crippen molar-refractivity contribution in [1.29, 1.82) is 5.26 Å². The van der Waals surface area contributed by atoms with E-state index in [-0.39, 0.29) is 30.0 Å². The fourth-order valence-corrected chi connectivity index (χ4v) is 4.76. The molecule has 2 saturated heterocycles. The molecule has 1 aromatic heterocycles. The van der Waals surface area contributed by atoms with Crippen LogP contribution in [0.3, 0.4) is 0 Å². The van der Waals surface area contributed by atoms with Crippen LogP contribution in [0.4, 0.5) is 15.1 Å². The fourth-order valence-electron chi connectivity index (χ4n) is 4.76. The lowest BCUT2D eigenvalue weighted by molar-refractivity contribution is 0.130. The first-order valence-corrected chi connectivity index (χ1v) is 11.5. The average Bonchev–Trinajstić information content (AvgIpc) is 2.81. The molecule has 1 N–H and O–H groups in total. The fraction of sp³-hybridized carbons (Fsp3) is 0.500. The highest BCUT2D eigenvalue weighted by molar-refractivity contribution is 5.75. The van der Waals surface area contributed by atoms with Gasteiger partial charge in [-0.15, -0.1) is 0 Å². The summed E-state index contributed by atoms with van der Waals surface area (Å²) in [7, 11) is 0. The number of urea groups is 1. The molecule has 2 amide bonds. The van der Waals surface area contributed by atoms with Crippen molar-refractivity contribution in [3.8, 4) is 6.07 Å². The van der Waals surface area contributed by atoms with Gasteiger partial charge in [-0.3, -0.25) is 4.90 Å². The smallest absolute Gasteiger partial charge is 0.318 e. The number of halogens is 1. The van der Waals surface area contributed by atoms with Crippen LogP contribution >= 0.6 is 0 Å². The number of hydrogen-bond donors (Lipinski definition) is 1. The van der Waals surface area contributed by atoms with Crippen molar-refractivity contribution in [3.63, 3.8) is 0 Å². The zero-order chi connectivity index (χ0) is 23.4. The summed E-state index contributed by atoms with van der Waals surface area (Å²) in [6.45, 7) is 7.96. The predicted molar refractivity (Wildman–Crippen MR) is 123 cm³/mol. The topological polar surface area (TPSA) is 88.4 Å². The van der Waals surface area contributed by atoms with E-state index in [0.717, 1.165) is 38.0 Å². The number of nitrogens with one attached hydrogen (secondary N) is 1. The monoisotopic (exact) mass is 451 g/mol. The highest BCUT2D eigenvalue weighted by atomic mass is 19.1. The summed E-state index contributed by atoms with van der Waals surface area (Å²) >= 11 is 0. The summed E-state index contributed by atoms with van der Waals surface area (Å²) < 4.78 is 13.1. The highest BCUT2D eigenvalue weighted by Gasteiger charge is 2.35. The molecule has 174 valence electrons. The molecule has 33 heavy (non-hydrogen) atoms. The van der Waals surface area contributed by atoms with Crippen molar-refractivity contribution in [2.45, 2.75) is 51.4 Å². The van der Waals surface area contributed by atoms with E-state index >= 15 is 0 Å². The van der Waals surface area contributed by atoms with Crippen LogP contribution in [-0.4, -0.2) is 70.1 Å². The molecule has 9 heteroatoms. The summed E-state index contributed by atoms with van der Waals surface area (Å²) in [6, 6.07) is 8.83. The summed E-state index contributed by atoms with van der Waals surface area (Å²) in [5.41, 5.74) is 1.53. The zero-order valence-electron chi connectivity index (χ0n) is 19.1. The van der Waals surface area contributed by atoms with Gasteiger partial charge in [0.15, 0.2) is 0 Å². The first-order chi connectivity index (χ1) is 15.9. The van der Waals surface area contributed by atoms with E-state index < -0.39 is 0 Å². The Morgan fingerprint density at radius 1 is 1.12 bits per heavy atom. The molecule has 2 atom stereocenters. The van der Waals surface area contributed by atoms with Gasteiger partial charge < -0.3 is 15.1 Å². The number of piperazine rings is 1. The second kappa shape index (κ2) is 10.1. The number of amides is 2. The summed E-state index contributed by atoms with van der Waals surface area (Å²) in [4.78, 5) is 28.0. The van der Waals surface area contributed by atoms with Crippen LogP contribution in [0.25, 0.3) is 0 Å². The minimum Gasteiger partial charge on any atom is -0.337 e. The second-order valence-electron chi connectivity index (χ2n) is 9.02. The standard InChI is InChI=1S/C24H30FN7O/c1-17-14-31(23-27-12-20(11-26)13-28-23)15-18(2)32(17)24(33)29-22-7-9-30(10-8-22)16-19-3-5-21(25)6-4-19/h3-6,12-13,17-18,22H,7-10,14-16H2,1-2H3,(H,29,33)/t17-,18-/m1/s1. The van der Waals surface area contributed by atoms with Gasteiger partial charge >= 0.3 is 6.03 Å². The molecular weight excluding hydrogens is 421 g/mol. The number of anilines is 1. The Bertz CT molecular complexity index is 971. The van der Waals surface area contributed by atoms with Gasteiger partial charge in [0, 0.05) is 50.8 Å². The molecule has 0 radical (unpaired) electrons. The number of aromatic nitrogens is 2. The number of likely N-dealkylation sites (tertiary alicyclic amines) is 1. The number of piperidine rings is 1. The normalized spacial score (nSPS) is 22.1. The average molecular weight is 452 g/mol. The Hall–Kier alpha value is -3.25. The number of benzene rings is 1. The molecule has 3 heterocycles. The van der Waals surface area contributed by atoms with Gasteiger partial charge in [0.2, 0.25) is 5.95 Å². The van der Waals surface area contributed by atoms with Crippen LogP contribution < -0.4 is 10.2 Å². The quantitative estimate of drug-likeness (QED) is 0.769. The van der Waals surface area contributed by atoms with Crippen LogP contribution in [0.1, 0.15) is 37.8 Å². The van der Waals surface area contributed by atoms with E-state index in [0.29, 0.717) is 24.6 Å². The van der Waals surface area contributed by atoms with Crippen molar-refractivity contribution in [1.82, 2.24) is 25.1 Å². The van der Waals surface area contributed by atoms with Crippen molar-refractivity contribution in [2.75, 3.05) is 31.1 Å². The van der Waals surface area contributed by atoms with Crippen molar-refractivity contribution >= 4 is 12.0 Å². The number of hydrogen-bond acceptors (Lipinski definition) is 6. The first kappa shape index (κ1) is 22.9. The van der Waals surface area contributed by atoms with Gasteiger partial charge in [0.05, 0.1) is 18.0 Å². The molecule has 0 unspecified atom stereocenters. The number of carbonyl (C=O) groups is 1. The molecule has 0 saturated carbocycles. The van der Waals surface area contributed by atoms with Gasteiger partial charge in [-0.05, 0) is 44.4 Å². The Balaban J connectivity index is 1.27. The highest BCUT2D eigenvalue weighted by Crippen LogP contribution is 2.21. The Kier molecular flexibility index (Phi) is 7.04. The van der Waals surface area contributed by atoms with E-state index in [4.69, 9.17) is 5.26 Å². The van der Waals surface area contributed by atoms with Gasteiger partial charge in [0.25, 0.3) is 0 Å². The third kappa shape index (κ3) is 5.57. The lowest BCUT2D eigenvalue weighted by Crippen LogP contribution is -2.62. The van der Waals surface area contributed by atoms with Crippen molar-refractivity contribution in [2.24, 2.45) is 0 Å². The van der Waals surface area contributed by atoms with Crippen molar-refractivity contribution < 1.29 is 9.18 Å². The van der Waals surface area contributed by atoms with Gasteiger partial charge in [-0.1, -0.05) is 12.1 Å². The molecule has 0 spiro atoms. The minimum atomic E-state index is -0.214. The third-order valence-electron chi connectivity index (χ3n) is 6.44. The molecule has 0 bridgehead atoms. The molecule has 0 aliphatic carbocycles. The Labute approximate surface area is 194 Å². The van der Waals surface area contributed by atoms with E-state index in [2.05, 4.69) is 25.1 Å². The molecular formula is C24H30FN7O. The van der Waals surface area contributed by atoms with Gasteiger partial charge in [-0.2, -0.15) is 5.26 Å². The van der Waals surface area contributed by atoms with E-state index in [1.165, 1.54) is 24.5 Å². The van der Waals surface area contributed by atoms with Crippen LogP contribution in [0, 0.1) is 17.1 Å². The van der Waals surface area contributed by atoms with Crippen LogP contribution in [0.2, 0.25) is 0 Å². The maximum Gasteiger partial charge on any atom is 0.318 e. The largest absolute Gasteiger partial charge is 0.337 e. The number of nitrogens with zero attached hydrogens (tertiary/aromatic N) is 6. The van der Waals surface area contributed by atoms with E-state index in [1.807, 2.05) is 36.9 Å². The molecule has 1 aromatic carbocycles. The van der Waals surface area contributed by atoms with Crippen molar-refractivity contribution in [3.05, 3.63) is 53.6 Å². The molecule has 8 nitrogen and oxygen atoms in total. The SMILES string of the molecule is C[C@@H]1CN(c2ncc(C#N)cn2)C[C@@H](C)N1C(=O)NC1CCN(Cc2ccc(F)cc2)CC1.